The zero-order valence-electron chi connectivity index (χ0n) is 14.6. The molecule has 1 aromatic heterocycles. The van der Waals surface area contributed by atoms with Crippen molar-refractivity contribution < 1.29 is 9.21 Å². The minimum absolute atomic E-state index is 0.258. The average molecular weight is 318 g/mol. The van der Waals surface area contributed by atoms with Crippen LogP contribution in [0.5, 0.6) is 0 Å². The molecule has 0 N–H and O–H groups in total. The van der Waals surface area contributed by atoms with Crippen LogP contribution in [0.15, 0.2) is 16.5 Å². The highest BCUT2D eigenvalue weighted by atomic mass is 16.3. The summed E-state index contributed by atoms with van der Waals surface area (Å²) in [5, 5.41) is 0. The van der Waals surface area contributed by atoms with Gasteiger partial charge in [-0.05, 0) is 51.8 Å². The molecular formula is C19H30N2O2. The fraction of sp³-hybridized carbons (Fsp3) is 0.737. The molecule has 0 aliphatic heterocycles. The van der Waals surface area contributed by atoms with Crippen molar-refractivity contribution in [3.05, 3.63) is 23.7 Å². The van der Waals surface area contributed by atoms with Crippen LogP contribution in [-0.2, 0) is 11.3 Å². The van der Waals surface area contributed by atoms with Crippen LogP contribution in [0.2, 0.25) is 0 Å². The topological polar surface area (TPSA) is 36.7 Å². The van der Waals surface area contributed by atoms with Crippen LogP contribution in [0.3, 0.4) is 0 Å². The van der Waals surface area contributed by atoms with Crippen LogP contribution in [-0.4, -0.2) is 41.4 Å². The monoisotopic (exact) mass is 318 g/mol. The van der Waals surface area contributed by atoms with Gasteiger partial charge in [0, 0.05) is 12.1 Å². The fourth-order valence-corrected chi connectivity index (χ4v) is 3.68. The van der Waals surface area contributed by atoms with E-state index in [0.29, 0.717) is 25.2 Å². The molecule has 4 heteroatoms. The molecule has 0 unspecified atom stereocenters. The van der Waals surface area contributed by atoms with Gasteiger partial charge in [-0.15, -0.1) is 0 Å². The second-order valence-corrected chi connectivity index (χ2v) is 7.33. The Morgan fingerprint density at radius 2 is 1.78 bits per heavy atom. The van der Waals surface area contributed by atoms with Crippen LogP contribution in [0.25, 0.3) is 0 Å². The molecule has 0 spiro atoms. The van der Waals surface area contributed by atoms with Gasteiger partial charge in [0.15, 0.2) is 0 Å². The van der Waals surface area contributed by atoms with Gasteiger partial charge in [0.25, 0.3) is 0 Å². The molecule has 0 radical (unpaired) electrons. The summed E-state index contributed by atoms with van der Waals surface area (Å²) in [6.07, 6.45) is 10.1. The first kappa shape index (κ1) is 16.6. The number of furan rings is 1. The van der Waals surface area contributed by atoms with E-state index in [4.69, 9.17) is 4.42 Å². The summed E-state index contributed by atoms with van der Waals surface area (Å²) in [5.74, 6) is 2.08. The van der Waals surface area contributed by atoms with Crippen molar-refractivity contribution in [3.63, 3.8) is 0 Å². The van der Waals surface area contributed by atoms with Gasteiger partial charge in [-0.2, -0.15) is 0 Å². The summed E-state index contributed by atoms with van der Waals surface area (Å²) >= 11 is 0. The molecule has 1 amide bonds. The van der Waals surface area contributed by atoms with E-state index in [1.165, 1.54) is 38.5 Å². The molecule has 2 aliphatic rings. The van der Waals surface area contributed by atoms with Crippen molar-refractivity contribution in [2.75, 3.05) is 13.6 Å². The van der Waals surface area contributed by atoms with Crippen LogP contribution in [0, 0.1) is 6.92 Å². The lowest BCUT2D eigenvalue weighted by Crippen LogP contribution is -2.43. The largest absolute Gasteiger partial charge is 0.464 e. The molecule has 2 aliphatic carbocycles. The maximum Gasteiger partial charge on any atom is 0.237 e. The highest BCUT2D eigenvalue weighted by Gasteiger charge is 2.34. The predicted molar refractivity (Wildman–Crippen MR) is 91.1 cm³/mol. The summed E-state index contributed by atoms with van der Waals surface area (Å²) < 4.78 is 5.67. The van der Waals surface area contributed by atoms with E-state index in [1.807, 2.05) is 24.0 Å². The number of amides is 1. The molecule has 0 aromatic carbocycles. The number of carbonyl (C=O) groups excluding carboxylic acids is 1. The number of hydrogen-bond acceptors (Lipinski definition) is 3. The van der Waals surface area contributed by atoms with Gasteiger partial charge in [-0.25, -0.2) is 0 Å². The standard InChI is InChI=1S/C19H30N2O2/c1-15-9-12-18(23-15)13-21(17-10-11-17)19(22)14-20(2)16-7-5-3-4-6-8-16/h9,12,16-17H,3-8,10-11,13-14H2,1-2H3. The summed E-state index contributed by atoms with van der Waals surface area (Å²) in [6.45, 7) is 3.11. The van der Waals surface area contributed by atoms with E-state index >= 15 is 0 Å². The minimum Gasteiger partial charge on any atom is -0.464 e. The van der Waals surface area contributed by atoms with Gasteiger partial charge >= 0.3 is 0 Å². The zero-order chi connectivity index (χ0) is 16.2. The molecule has 0 saturated heterocycles. The second kappa shape index (κ2) is 7.52. The molecule has 1 heterocycles. The molecule has 3 rings (SSSR count). The third-order valence-electron chi connectivity index (χ3n) is 5.26. The number of likely N-dealkylation sites (N-methyl/N-ethyl adjacent to an activating group) is 1. The Morgan fingerprint density at radius 1 is 1.09 bits per heavy atom. The minimum atomic E-state index is 0.258. The van der Waals surface area contributed by atoms with E-state index in [0.717, 1.165) is 24.4 Å². The number of rotatable bonds is 6. The van der Waals surface area contributed by atoms with E-state index in [2.05, 4.69) is 11.9 Å². The van der Waals surface area contributed by atoms with Crippen molar-refractivity contribution in [2.24, 2.45) is 0 Å². The number of hydrogen-bond donors (Lipinski definition) is 0. The van der Waals surface area contributed by atoms with E-state index in [1.54, 1.807) is 0 Å². The molecular weight excluding hydrogens is 288 g/mol. The second-order valence-electron chi connectivity index (χ2n) is 7.33. The van der Waals surface area contributed by atoms with Crippen molar-refractivity contribution >= 4 is 5.91 Å². The third-order valence-corrected chi connectivity index (χ3v) is 5.26. The van der Waals surface area contributed by atoms with Crippen LogP contribution >= 0.6 is 0 Å². The van der Waals surface area contributed by atoms with Crippen molar-refractivity contribution in [1.82, 2.24) is 9.80 Å². The lowest BCUT2D eigenvalue weighted by Gasteiger charge is -2.29. The van der Waals surface area contributed by atoms with Gasteiger partial charge in [-0.3, -0.25) is 9.69 Å². The predicted octanol–water partition coefficient (Wildman–Crippen LogP) is 3.73. The molecule has 23 heavy (non-hydrogen) atoms. The van der Waals surface area contributed by atoms with E-state index in [9.17, 15) is 4.79 Å². The first-order valence-corrected chi connectivity index (χ1v) is 9.18. The zero-order valence-corrected chi connectivity index (χ0v) is 14.6. The summed E-state index contributed by atoms with van der Waals surface area (Å²) in [5.41, 5.74) is 0. The van der Waals surface area contributed by atoms with E-state index in [-0.39, 0.29) is 5.91 Å². The Morgan fingerprint density at radius 3 is 2.35 bits per heavy atom. The Kier molecular flexibility index (Phi) is 5.42. The number of carbonyl (C=O) groups is 1. The Bertz CT molecular complexity index is 513. The fourth-order valence-electron chi connectivity index (χ4n) is 3.68. The van der Waals surface area contributed by atoms with Crippen LogP contribution in [0.4, 0.5) is 0 Å². The number of aryl methyl sites for hydroxylation is 1. The summed E-state index contributed by atoms with van der Waals surface area (Å²) in [7, 11) is 2.12. The lowest BCUT2D eigenvalue weighted by atomic mass is 10.1. The smallest absolute Gasteiger partial charge is 0.237 e. The Labute approximate surface area is 139 Å². The highest BCUT2D eigenvalue weighted by molar-refractivity contribution is 5.79. The molecule has 2 fully saturated rings. The molecule has 128 valence electrons. The van der Waals surface area contributed by atoms with Crippen molar-refractivity contribution in [3.8, 4) is 0 Å². The van der Waals surface area contributed by atoms with E-state index < -0.39 is 0 Å². The maximum absolute atomic E-state index is 12.8. The van der Waals surface area contributed by atoms with Crippen LogP contribution in [0.1, 0.15) is 62.9 Å². The molecule has 4 nitrogen and oxygen atoms in total. The number of nitrogens with zero attached hydrogens (tertiary/aromatic N) is 2. The first-order chi connectivity index (χ1) is 11.1. The normalized spacial score (nSPS) is 19.8. The summed E-state index contributed by atoms with van der Waals surface area (Å²) in [6, 6.07) is 4.97. The highest BCUT2D eigenvalue weighted by Crippen LogP contribution is 2.29. The van der Waals surface area contributed by atoms with Gasteiger partial charge < -0.3 is 9.32 Å². The molecule has 0 bridgehead atoms. The average Bonchev–Trinajstić information content (AvgIpc) is 3.31. The molecule has 2 saturated carbocycles. The maximum atomic E-state index is 12.8. The quantitative estimate of drug-likeness (QED) is 0.750. The van der Waals surface area contributed by atoms with Crippen LogP contribution < -0.4 is 0 Å². The van der Waals surface area contributed by atoms with Crippen molar-refractivity contribution in [2.45, 2.75) is 76.9 Å². The third kappa shape index (κ3) is 4.60. The van der Waals surface area contributed by atoms with Gasteiger partial charge in [0.2, 0.25) is 5.91 Å². The summed E-state index contributed by atoms with van der Waals surface area (Å²) in [4.78, 5) is 17.1. The van der Waals surface area contributed by atoms with Gasteiger partial charge in [0.1, 0.15) is 11.5 Å². The Hall–Kier alpha value is -1.29. The first-order valence-electron chi connectivity index (χ1n) is 9.18. The lowest BCUT2D eigenvalue weighted by molar-refractivity contribution is -0.134. The Balaban J connectivity index is 1.57. The molecule has 1 aromatic rings. The van der Waals surface area contributed by atoms with Gasteiger partial charge in [0.05, 0.1) is 13.1 Å². The molecule has 0 atom stereocenters. The van der Waals surface area contributed by atoms with Crippen molar-refractivity contribution in [1.29, 1.82) is 0 Å². The SMILES string of the molecule is Cc1ccc(CN(C(=O)CN(C)C2CCCCCC2)C2CC2)o1. The van der Waals surface area contributed by atoms with Gasteiger partial charge in [-0.1, -0.05) is 25.7 Å².